The van der Waals surface area contributed by atoms with Gasteiger partial charge in [-0.25, -0.2) is 0 Å². The van der Waals surface area contributed by atoms with E-state index in [2.05, 4.69) is 39.0 Å². The lowest BCUT2D eigenvalue weighted by Gasteiger charge is -2.30. The molecule has 2 heteroatoms. The van der Waals surface area contributed by atoms with E-state index >= 15 is 0 Å². The summed E-state index contributed by atoms with van der Waals surface area (Å²) in [6.45, 7) is 8.34. The van der Waals surface area contributed by atoms with E-state index in [0.717, 1.165) is 43.5 Å². The van der Waals surface area contributed by atoms with Crippen LogP contribution in [0.3, 0.4) is 0 Å². The lowest BCUT2D eigenvalue weighted by Crippen LogP contribution is -2.14. The summed E-state index contributed by atoms with van der Waals surface area (Å²) in [7, 11) is 0. The largest absolute Gasteiger partial charge is 0.494 e. The van der Waals surface area contributed by atoms with Gasteiger partial charge in [0.15, 0.2) is 0 Å². The normalized spacial score (nSPS) is 19.3. The monoisotopic (exact) mass is 402 g/mol. The predicted molar refractivity (Wildman–Crippen MR) is 125 cm³/mol. The fraction of sp³-hybridized carbons (Fsp3) is 0.778. The van der Waals surface area contributed by atoms with Crippen LogP contribution in [-0.2, 0) is 0 Å². The Balaban J connectivity index is 1.89. The number of ether oxygens (including phenoxy) is 2. The molecular weight excluding hydrogens is 356 g/mol. The molecule has 1 aliphatic rings. The van der Waals surface area contributed by atoms with Gasteiger partial charge < -0.3 is 9.47 Å². The molecule has 1 aromatic carbocycles. The Morgan fingerprint density at radius 2 is 1.45 bits per heavy atom. The first kappa shape index (κ1) is 24.1. The van der Waals surface area contributed by atoms with Gasteiger partial charge >= 0.3 is 0 Å². The lowest BCUT2D eigenvalue weighted by molar-refractivity contribution is 0.280. The maximum absolute atomic E-state index is 6.11. The van der Waals surface area contributed by atoms with Gasteiger partial charge in [-0.1, -0.05) is 72.1 Å². The zero-order valence-corrected chi connectivity index (χ0v) is 19.5. The van der Waals surface area contributed by atoms with Gasteiger partial charge in [0.25, 0.3) is 0 Å². The van der Waals surface area contributed by atoms with E-state index in [1.165, 1.54) is 82.6 Å². The van der Waals surface area contributed by atoms with E-state index < -0.39 is 0 Å². The lowest BCUT2D eigenvalue weighted by atomic mass is 9.76. The molecule has 0 amide bonds. The smallest absolute Gasteiger partial charge is 0.123 e. The van der Waals surface area contributed by atoms with Gasteiger partial charge in [0.1, 0.15) is 11.5 Å². The molecule has 2 nitrogen and oxygen atoms in total. The third-order valence-electron chi connectivity index (χ3n) is 6.46. The van der Waals surface area contributed by atoms with Crippen LogP contribution in [0.25, 0.3) is 0 Å². The van der Waals surface area contributed by atoms with Crippen LogP contribution < -0.4 is 9.47 Å². The molecular formula is C27H46O2. The molecule has 0 N–H and O–H groups in total. The van der Waals surface area contributed by atoms with Gasteiger partial charge in [-0.15, -0.1) is 0 Å². The first-order chi connectivity index (χ1) is 14.3. The average molecular weight is 403 g/mol. The van der Waals surface area contributed by atoms with Crippen LogP contribution in [0, 0.1) is 5.92 Å². The summed E-state index contributed by atoms with van der Waals surface area (Å²) in [6.07, 6.45) is 18.5. The van der Waals surface area contributed by atoms with Crippen molar-refractivity contribution in [2.45, 2.75) is 117 Å². The Morgan fingerprint density at radius 1 is 0.724 bits per heavy atom. The highest BCUT2D eigenvalue weighted by Crippen LogP contribution is 2.42. The average Bonchev–Trinajstić information content (AvgIpc) is 2.76. The van der Waals surface area contributed by atoms with Crippen molar-refractivity contribution in [3.05, 3.63) is 23.8 Å². The minimum atomic E-state index is 0.636. The number of hydrogen-bond donors (Lipinski definition) is 0. The summed E-state index contributed by atoms with van der Waals surface area (Å²) in [5, 5.41) is 0. The van der Waals surface area contributed by atoms with Crippen LogP contribution in [0.2, 0.25) is 0 Å². The predicted octanol–water partition coefficient (Wildman–Crippen LogP) is 8.68. The molecule has 0 atom stereocenters. The molecule has 1 fully saturated rings. The third-order valence-corrected chi connectivity index (χ3v) is 6.46. The highest BCUT2D eigenvalue weighted by molar-refractivity contribution is 5.42. The molecule has 0 heterocycles. The molecule has 0 unspecified atom stereocenters. The molecule has 0 radical (unpaired) electrons. The molecule has 166 valence electrons. The van der Waals surface area contributed by atoms with Gasteiger partial charge in [-0.05, 0) is 68.6 Å². The minimum Gasteiger partial charge on any atom is -0.494 e. The fourth-order valence-electron chi connectivity index (χ4n) is 4.62. The molecule has 0 aliphatic heterocycles. The van der Waals surface area contributed by atoms with E-state index in [1.807, 2.05) is 0 Å². The van der Waals surface area contributed by atoms with Crippen molar-refractivity contribution in [3.8, 4) is 11.5 Å². The van der Waals surface area contributed by atoms with Gasteiger partial charge in [0.05, 0.1) is 13.2 Å². The van der Waals surface area contributed by atoms with Crippen molar-refractivity contribution in [2.24, 2.45) is 5.92 Å². The van der Waals surface area contributed by atoms with E-state index in [4.69, 9.17) is 9.47 Å². The molecule has 0 aromatic heterocycles. The quantitative estimate of drug-likeness (QED) is 0.273. The standard InChI is InChI=1S/C27H46O2/c1-4-7-9-10-11-13-23-14-16-24(17-15-23)26-22-25(28-21-12-8-5-2)18-19-27(26)29-20-6-3/h18-19,22-24H,4-17,20-21H2,1-3H3. The molecule has 0 saturated heterocycles. The van der Waals surface area contributed by atoms with Crippen molar-refractivity contribution >= 4 is 0 Å². The van der Waals surface area contributed by atoms with Crippen molar-refractivity contribution in [3.63, 3.8) is 0 Å². The first-order valence-electron chi connectivity index (χ1n) is 12.7. The summed E-state index contributed by atoms with van der Waals surface area (Å²) >= 11 is 0. The molecule has 1 saturated carbocycles. The Bertz CT molecular complexity index is 531. The topological polar surface area (TPSA) is 18.5 Å². The Morgan fingerprint density at radius 3 is 2.17 bits per heavy atom. The second-order valence-corrected chi connectivity index (χ2v) is 9.02. The highest BCUT2D eigenvalue weighted by Gasteiger charge is 2.25. The summed E-state index contributed by atoms with van der Waals surface area (Å²) in [4.78, 5) is 0. The van der Waals surface area contributed by atoms with Gasteiger partial charge in [0.2, 0.25) is 0 Å². The van der Waals surface area contributed by atoms with Crippen molar-refractivity contribution in [1.29, 1.82) is 0 Å². The van der Waals surface area contributed by atoms with Crippen molar-refractivity contribution in [1.82, 2.24) is 0 Å². The van der Waals surface area contributed by atoms with Crippen molar-refractivity contribution in [2.75, 3.05) is 13.2 Å². The molecule has 0 bridgehead atoms. The van der Waals surface area contributed by atoms with Crippen LogP contribution in [0.5, 0.6) is 11.5 Å². The molecule has 1 aliphatic carbocycles. The Labute approximate surface area is 180 Å². The molecule has 2 rings (SSSR count). The van der Waals surface area contributed by atoms with Crippen LogP contribution in [-0.4, -0.2) is 13.2 Å². The summed E-state index contributed by atoms with van der Waals surface area (Å²) < 4.78 is 12.2. The molecule has 0 spiro atoms. The van der Waals surface area contributed by atoms with Crippen LogP contribution in [0.4, 0.5) is 0 Å². The summed E-state index contributed by atoms with van der Waals surface area (Å²) in [6, 6.07) is 6.54. The highest BCUT2D eigenvalue weighted by atomic mass is 16.5. The number of rotatable bonds is 15. The Hall–Kier alpha value is -1.18. The van der Waals surface area contributed by atoms with E-state index in [9.17, 15) is 0 Å². The summed E-state index contributed by atoms with van der Waals surface area (Å²) in [5.41, 5.74) is 1.40. The van der Waals surface area contributed by atoms with Gasteiger partial charge in [-0.2, -0.15) is 0 Å². The number of benzene rings is 1. The van der Waals surface area contributed by atoms with Gasteiger partial charge in [-0.3, -0.25) is 0 Å². The zero-order chi connectivity index (χ0) is 20.7. The summed E-state index contributed by atoms with van der Waals surface area (Å²) in [5.74, 6) is 3.70. The van der Waals surface area contributed by atoms with E-state index in [-0.39, 0.29) is 0 Å². The zero-order valence-electron chi connectivity index (χ0n) is 19.5. The first-order valence-corrected chi connectivity index (χ1v) is 12.7. The number of hydrogen-bond acceptors (Lipinski definition) is 2. The molecule has 29 heavy (non-hydrogen) atoms. The maximum atomic E-state index is 6.11. The SMILES string of the molecule is CCCCCCCC1CCC(c2cc(OCCCCC)ccc2OCCC)CC1. The van der Waals surface area contributed by atoms with Gasteiger partial charge in [0, 0.05) is 5.56 Å². The van der Waals surface area contributed by atoms with E-state index in [1.54, 1.807) is 0 Å². The third kappa shape index (κ3) is 9.01. The van der Waals surface area contributed by atoms with Crippen LogP contribution in [0.1, 0.15) is 122 Å². The minimum absolute atomic E-state index is 0.636. The molecule has 1 aromatic rings. The maximum Gasteiger partial charge on any atom is 0.123 e. The number of unbranched alkanes of at least 4 members (excludes halogenated alkanes) is 6. The second kappa shape index (κ2) is 14.7. The van der Waals surface area contributed by atoms with Crippen LogP contribution >= 0.6 is 0 Å². The Kier molecular flexibility index (Phi) is 12.3. The van der Waals surface area contributed by atoms with Crippen molar-refractivity contribution < 1.29 is 9.47 Å². The second-order valence-electron chi connectivity index (χ2n) is 9.02. The fourth-order valence-corrected chi connectivity index (χ4v) is 4.62. The van der Waals surface area contributed by atoms with Crippen LogP contribution in [0.15, 0.2) is 18.2 Å². The van der Waals surface area contributed by atoms with E-state index in [0.29, 0.717) is 5.92 Å².